The minimum absolute atomic E-state index is 0.0892. The zero-order valence-electron chi connectivity index (χ0n) is 13.5. The second kappa shape index (κ2) is 7.75. The van der Waals surface area contributed by atoms with Crippen molar-refractivity contribution in [3.05, 3.63) is 49.8 Å². The first kappa shape index (κ1) is 18.4. The molecule has 0 unspecified atom stereocenters. The van der Waals surface area contributed by atoms with E-state index in [1.165, 1.54) is 7.11 Å². The molecule has 0 radical (unpaired) electrons. The normalized spacial score (nSPS) is 11.6. The van der Waals surface area contributed by atoms with Gasteiger partial charge in [0.1, 0.15) is 34.5 Å². The fraction of sp³-hybridized carbons (Fsp3) is 0.267. The van der Waals surface area contributed by atoms with Gasteiger partial charge in [0.05, 0.1) is 13.2 Å². The number of nitrogen functional groups attached to an aromatic ring is 1. The molecule has 0 bridgehead atoms. The lowest BCUT2D eigenvalue weighted by molar-refractivity contribution is 0.0922. The molecule has 1 amide bonds. The van der Waals surface area contributed by atoms with E-state index < -0.39 is 23.2 Å². The Balaban J connectivity index is 2.04. The minimum Gasteiger partial charge on any atom is -0.495 e. The van der Waals surface area contributed by atoms with Crippen LogP contribution in [0.5, 0.6) is 11.5 Å². The predicted molar refractivity (Wildman–Crippen MR) is 92.5 cm³/mol. The number of H-pyrrole nitrogens is 2. The zero-order valence-corrected chi connectivity index (χ0v) is 14.3. The third-order valence-electron chi connectivity index (χ3n) is 3.22. The molecule has 5 N–H and O–H groups in total. The largest absolute Gasteiger partial charge is 0.495 e. The molecule has 9 nitrogen and oxygen atoms in total. The molecule has 0 saturated carbocycles. The molecular formula is C15H17ClN4O5. The van der Waals surface area contributed by atoms with Crippen molar-refractivity contribution >= 4 is 23.2 Å². The van der Waals surface area contributed by atoms with Gasteiger partial charge in [0, 0.05) is 0 Å². The molecule has 25 heavy (non-hydrogen) atoms. The maximum Gasteiger partial charge on any atom is 0.326 e. The molecule has 1 aromatic carbocycles. The lowest BCUT2D eigenvalue weighted by Gasteiger charge is -2.16. The van der Waals surface area contributed by atoms with Crippen molar-refractivity contribution in [2.24, 2.45) is 0 Å². The van der Waals surface area contributed by atoms with Crippen molar-refractivity contribution in [2.75, 3.05) is 19.5 Å². The van der Waals surface area contributed by atoms with Crippen molar-refractivity contribution in [3.8, 4) is 11.5 Å². The molecule has 2 aromatic rings. The van der Waals surface area contributed by atoms with Crippen LogP contribution in [0.25, 0.3) is 0 Å². The van der Waals surface area contributed by atoms with E-state index in [-0.39, 0.29) is 18.0 Å². The van der Waals surface area contributed by atoms with Gasteiger partial charge < -0.3 is 25.5 Å². The molecule has 1 aromatic heterocycles. The molecular weight excluding hydrogens is 352 g/mol. The lowest BCUT2D eigenvalue weighted by Crippen LogP contribution is -2.40. The fourth-order valence-electron chi connectivity index (χ4n) is 1.99. The number of rotatable bonds is 6. The number of ether oxygens (including phenoxy) is 2. The molecule has 0 fully saturated rings. The number of nitrogens with two attached hydrogens (primary N) is 1. The van der Waals surface area contributed by atoms with Crippen LogP contribution in [0, 0.1) is 0 Å². The molecule has 1 atom stereocenters. The predicted octanol–water partition coefficient (Wildman–Crippen LogP) is 0.505. The zero-order chi connectivity index (χ0) is 18.6. The smallest absolute Gasteiger partial charge is 0.326 e. The second-order valence-electron chi connectivity index (χ2n) is 5.15. The summed E-state index contributed by atoms with van der Waals surface area (Å²) < 4.78 is 10.6. The van der Waals surface area contributed by atoms with E-state index in [1.807, 2.05) is 4.98 Å². The number of methoxy groups -OCH3 is 1. The summed E-state index contributed by atoms with van der Waals surface area (Å²) in [5.74, 6) is 0.157. The summed E-state index contributed by atoms with van der Waals surface area (Å²) in [7, 11) is 1.49. The quantitative estimate of drug-likeness (QED) is 0.585. The van der Waals surface area contributed by atoms with Crippen LogP contribution in [0.1, 0.15) is 17.4 Å². The van der Waals surface area contributed by atoms with Crippen LogP contribution in [-0.2, 0) is 0 Å². The summed E-state index contributed by atoms with van der Waals surface area (Å²) in [6.45, 7) is 1.76. The first-order chi connectivity index (χ1) is 11.8. The van der Waals surface area contributed by atoms with E-state index in [9.17, 15) is 14.4 Å². The number of carbonyl (C=O) groups is 1. The Morgan fingerprint density at radius 2 is 2.00 bits per heavy atom. The monoisotopic (exact) mass is 368 g/mol. The Hall–Kier alpha value is -2.94. The Bertz CT molecular complexity index is 892. The number of nitrogens with one attached hydrogen (secondary N) is 3. The molecule has 10 heteroatoms. The maximum atomic E-state index is 12.1. The van der Waals surface area contributed by atoms with E-state index in [1.54, 1.807) is 25.1 Å². The van der Waals surface area contributed by atoms with Gasteiger partial charge in [-0.2, -0.15) is 0 Å². The van der Waals surface area contributed by atoms with Gasteiger partial charge in [-0.3, -0.25) is 14.6 Å². The van der Waals surface area contributed by atoms with Gasteiger partial charge in [0.15, 0.2) is 0 Å². The molecule has 134 valence electrons. The molecule has 0 aliphatic heterocycles. The van der Waals surface area contributed by atoms with Crippen molar-refractivity contribution in [1.29, 1.82) is 0 Å². The summed E-state index contributed by atoms with van der Waals surface area (Å²) in [6, 6.07) is 4.60. The van der Waals surface area contributed by atoms with Crippen LogP contribution in [-0.4, -0.2) is 35.6 Å². The van der Waals surface area contributed by atoms with Gasteiger partial charge in [0.2, 0.25) is 0 Å². The minimum atomic E-state index is -0.832. The first-order valence-electron chi connectivity index (χ1n) is 7.21. The van der Waals surface area contributed by atoms with Gasteiger partial charge in [-0.1, -0.05) is 17.7 Å². The Morgan fingerprint density at radius 1 is 1.32 bits per heavy atom. The van der Waals surface area contributed by atoms with Crippen LogP contribution >= 0.6 is 11.6 Å². The number of hydrogen-bond acceptors (Lipinski definition) is 6. The summed E-state index contributed by atoms with van der Waals surface area (Å²) >= 11 is 6.12. The van der Waals surface area contributed by atoms with Gasteiger partial charge >= 0.3 is 5.69 Å². The van der Waals surface area contributed by atoms with Crippen molar-refractivity contribution in [1.82, 2.24) is 15.3 Å². The highest BCUT2D eigenvalue weighted by atomic mass is 35.5. The molecule has 0 saturated heterocycles. The van der Waals surface area contributed by atoms with Crippen molar-refractivity contribution in [3.63, 3.8) is 0 Å². The highest BCUT2D eigenvalue weighted by Gasteiger charge is 2.17. The van der Waals surface area contributed by atoms with Crippen molar-refractivity contribution in [2.45, 2.75) is 13.0 Å². The van der Waals surface area contributed by atoms with Crippen LogP contribution in [0.4, 0.5) is 5.69 Å². The highest BCUT2D eigenvalue weighted by Crippen LogP contribution is 2.33. The topological polar surface area (TPSA) is 139 Å². The first-order valence-corrected chi connectivity index (χ1v) is 7.59. The van der Waals surface area contributed by atoms with Crippen LogP contribution in [0.3, 0.4) is 0 Å². The molecule has 0 spiro atoms. The Kier molecular flexibility index (Phi) is 5.71. The van der Waals surface area contributed by atoms with Crippen LogP contribution < -0.4 is 31.8 Å². The van der Waals surface area contributed by atoms with Gasteiger partial charge in [-0.05, 0) is 19.1 Å². The number of anilines is 1. The van der Waals surface area contributed by atoms with E-state index in [0.717, 1.165) is 0 Å². The summed E-state index contributed by atoms with van der Waals surface area (Å²) in [4.78, 5) is 39.0. The number of benzene rings is 1. The average molecular weight is 369 g/mol. The molecule has 1 heterocycles. The third kappa shape index (κ3) is 4.32. The van der Waals surface area contributed by atoms with Crippen molar-refractivity contribution < 1.29 is 14.3 Å². The van der Waals surface area contributed by atoms with Crippen LogP contribution in [0.15, 0.2) is 27.8 Å². The Morgan fingerprint density at radius 3 is 2.68 bits per heavy atom. The summed E-state index contributed by atoms with van der Waals surface area (Å²) in [5.41, 5.74) is 3.17. The standard InChI is InChI=1S/C15H17ClN4O5/c1-7(6-25-9-5-3-4-8(24-2)10(9)16)18-14(22)12-11(17)13(21)20-15(23)19-12/h3-5,7H,6,17H2,1-2H3,(H,18,22)(H2,19,20,21,23)/t7-/m1/s1. The van der Waals surface area contributed by atoms with Gasteiger partial charge in [-0.15, -0.1) is 0 Å². The second-order valence-corrected chi connectivity index (χ2v) is 5.53. The molecule has 0 aliphatic carbocycles. The summed E-state index contributed by atoms with van der Waals surface area (Å²) in [5, 5.41) is 2.88. The van der Waals surface area contributed by atoms with Gasteiger partial charge in [0.25, 0.3) is 11.5 Å². The van der Waals surface area contributed by atoms with E-state index >= 15 is 0 Å². The number of hydrogen-bond donors (Lipinski definition) is 4. The molecule has 2 rings (SSSR count). The third-order valence-corrected chi connectivity index (χ3v) is 3.59. The van der Waals surface area contributed by atoms with Gasteiger partial charge in [-0.25, -0.2) is 4.79 Å². The maximum absolute atomic E-state index is 12.1. The number of halogens is 1. The van der Waals surface area contributed by atoms with E-state index in [0.29, 0.717) is 16.5 Å². The fourth-order valence-corrected chi connectivity index (χ4v) is 2.25. The lowest BCUT2D eigenvalue weighted by atomic mass is 10.3. The SMILES string of the molecule is COc1cccc(OC[C@@H](C)NC(=O)c2[nH]c(=O)[nH]c(=O)c2N)c1Cl. The number of carbonyl (C=O) groups excluding carboxylic acids is 1. The van der Waals surface area contributed by atoms with E-state index in [4.69, 9.17) is 26.8 Å². The number of aromatic nitrogens is 2. The van der Waals surface area contributed by atoms with Crippen LogP contribution in [0.2, 0.25) is 5.02 Å². The number of aromatic amines is 2. The molecule has 0 aliphatic rings. The average Bonchev–Trinajstić information content (AvgIpc) is 2.57. The summed E-state index contributed by atoms with van der Waals surface area (Å²) in [6.07, 6.45) is 0. The Labute approximate surface area is 147 Å². The van der Waals surface area contributed by atoms with E-state index in [2.05, 4.69) is 10.3 Å². The number of amides is 1. The highest BCUT2D eigenvalue weighted by molar-refractivity contribution is 6.33.